The fourth-order valence-electron chi connectivity index (χ4n) is 12.0. The highest BCUT2D eigenvalue weighted by Crippen LogP contribution is 2.66. The summed E-state index contributed by atoms with van der Waals surface area (Å²) in [6.45, 7) is 4.75. The van der Waals surface area contributed by atoms with Crippen molar-refractivity contribution in [3.63, 3.8) is 0 Å². The third-order valence-electron chi connectivity index (χ3n) is 14.7. The van der Waals surface area contributed by atoms with E-state index in [1.807, 2.05) is 0 Å². The maximum absolute atomic E-state index is 2.61. The number of hydrogen-bond acceptors (Lipinski definition) is 1. The van der Waals surface area contributed by atoms with Crippen LogP contribution in [-0.4, -0.2) is 0 Å². The van der Waals surface area contributed by atoms with Gasteiger partial charge in [-0.1, -0.05) is 232 Å². The Morgan fingerprint density at radius 3 is 1.31 bits per heavy atom. The fourth-order valence-corrected chi connectivity index (χ4v) is 12.0. The number of hydrogen-bond donors (Lipinski definition) is 0. The van der Waals surface area contributed by atoms with Crippen molar-refractivity contribution < 1.29 is 0 Å². The molecule has 1 spiro atoms. The zero-order valence-electron chi connectivity index (χ0n) is 36.5. The van der Waals surface area contributed by atoms with Crippen molar-refractivity contribution >= 4 is 17.1 Å². The molecular weight excluding hydrogens is 783 g/mol. The van der Waals surface area contributed by atoms with Crippen molar-refractivity contribution in [2.75, 3.05) is 4.90 Å². The van der Waals surface area contributed by atoms with E-state index in [1.165, 1.54) is 106 Å². The molecule has 0 aliphatic heterocycles. The molecular formula is C64H45N. The molecule has 3 aliphatic carbocycles. The predicted octanol–water partition coefficient (Wildman–Crippen LogP) is 16.8. The molecule has 1 nitrogen and oxygen atoms in total. The van der Waals surface area contributed by atoms with Gasteiger partial charge in [0, 0.05) is 22.1 Å². The molecule has 13 rings (SSSR count). The van der Waals surface area contributed by atoms with Crippen LogP contribution >= 0.6 is 0 Å². The third-order valence-corrected chi connectivity index (χ3v) is 14.7. The van der Waals surface area contributed by atoms with Gasteiger partial charge in [0.1, 0.15) is 0 Å². The van der Waals surface area contributed by atoms with Crippen LogP contribution in [0.4, 0.5) is 17.1 Å². The largest absolute Gasteiger partial charge is 0.309 e. The van der Waals surface area contributed by atoms with E-state index >= 15 is 0 Å². The molecule has 0 aromatic heterocycles. The molecule has 306 valence electrons. The first-order valence-corrected chi connectivity index (χ1v) is 22.9. The van der Waals surface area contributed by atoms with Crippen LogP contribution in [0.5, 0.6) is 0 Å². The maximum Gasteiger partial charge on any atom is 0.0746 e. The Morgan fingerprint density at radius 1 is 0.262 bits per heavy atom. The molecule has 10 aromatic carbocycles. The molecule has 0 bridgehead atoms. The third kappa shape index (κ3) is 5.27. The smallest absolute Gasteiger partial charge is 0.0746 e. The molecule has 65 heavy (non-hydrogen) atoms. The number of para-hydroxylation sites is 2. The molecule has 0 fully saturated rings. The molecule has 0 saturated carbocycles. The number of nitrogens with zero attached hydrogens (tertiary/aromatic N) is 1. The summed E-state index contributed by atoms with van der Waals surface area (Å²) in [6, 6.07) is 88.4. The number of fused-ring (bicyclic) bond motifs is 13. The van der Waals surface area contributed by atoms with E-state index in [1.54, 1.807) is 0 Å². The Bertz CT molecular complexity index is 3450. The lowest BCUT2D eigenvalue weighted by Crippen LogP contribution is -2.28. The second-order valence-corrected chi connectivity index (χ2v) is 18.3. The van der Waals surface area contributed by atoms with E-state index in [-0.39, 0.29) is 5.41 Å². The van der Waals surface area contributed by atoms with Crippen molar-refractivity contribution in [2.24, 2.45) is 0 Å². The van der Waals surface area contributed by atoms with Crippen LogP contribution in [0.25, 0.3) is 66.8 Å². The van der Waals surface area contributed by atoms with E-state index < -0.39 is 5.41 Å². The Labute approximate surface area is 381 Å². The van der Waals surface area contributed by atoms with Gasteiger partial charge in [0.15, 0.2) is 0 Å². The number of anilines is 3. The van der Waals surface area contributed by atoms with Crippen molar-refractivity contribution in [3.05, 3.63) is 270 Å². The van der Waals surface area contributed by atoms with Gasteiger partial charge >= 0.3 is 0 Å². The van der Waals surface area contributed by atoms with E-state index in [9.17, 15) is 0 Å². The lowest BCUT2D eigenvalue weighted by molar-refractivity contribution is 0.660. The second kappa shape index (κ2) is 14.3. The van der Waals surface area contributed by atoms with E-state index in [0.29, 0.717) is 0 Å². The van der Waals surface area contributed by atoms with Crippen LogP contribution < -0.4 is 4.90 Å². The van der Waals surface area contributed by atoms with Crippen LogP contribution in [0, 0.1) is 0 Å². The summed E-state index contributed by atoms with van der Waals surface area (Å²) < 4.78 is 0. The monoisotopic (exact) mass is 827 g/mol. The number of benzene rings is 10. The van der Waals surface area contributed by atoms with Crippen molar-refractivity contribution in [2.45, 2.75) is 24.7 Å². The van der Waals surface area contributed by atoms with Crippen LogP contribution in [0.2, 0.25) is 0 Å². The van der Waals surface area contributed by atoms with Crippen molar-refractivity contribution in [3.8, 4) is 66.8 Å². The normalized spacial score (nSPS) is 13.9. The second-order valence-electron chi connectivity index (χ2n) is 18.3. The highest BCUT2D eigenvalue weighted by atomic mass is 15.2. The fraction of sp³-hybridized carbons (Fsp3) is 0.0625. The zero-order valence-corrected chi connectivity index (χ0v) is 36.5. The Kier molecular flexibility index (Phi) is 8.24. The van der Waals surface area contributed by atoms with Gasteiger partial charge in [-0.2, -0.15) is 0 Å². The molecule has 0 unspecified atom stereocenters. The lowest BCUT2D eigenvalue weighted by Gasteiger charge is -2.37. The van der Waals surface area contributed by atoms with Crippen LogP contribution in [0.1, 0.15) is 47.2 Å². The van der Waals surface area contributed by atoms with Gasteiger partial charge in [0.2, 0.25) is 0 Å². The van der Waals surface area contributed by atoms with Gasteiger partial charge in [-0.15, -0.1) is 0 Å². The topological polar surface area (TPSA) is 3.24 Å². The van der Waals surface area contributed by atoms with Gasteiger partial charge in [0.05, 0.1) is 22.5 Å². The minimum absolute atomic E-state index is 0.128. The molecule has 0 saturated heterocycles. The Balaban J connectivity index is 1.13. The Morgan fingerprint density at radius 2 is 0.662 bits per heavy atom. The summed E-state index contributed by atoms with van der Waals surface area (Å²) >= 11 is 0. The molecule has 0 amide bonds. The minimum Gasteiger partial charge on any atom is -0.309 e. The molecule has 3 aliphatic rings. The summed E-state index contributed by atoms with van der Waals surface area (Å²) in [7, 11) is 0. The average Bonchev–Trinajstić information content (AvgIpc) is 3.94. The Hall–Kier alpha value is -8.00. The van der Waals surface area contributed by atoms with E-state index in [0.717, 1.165) is 11.4 Å². The summed E-state index contributed by atoms with van der Waals surface area (Å²) in [6.07, 6.45) is 0. The minimum atomic E-state index is -0.549. The van der Waals surface area contributed by atoms with Crippen LogP contribution in [0.3, 0.4) is 0 Å². The van der Waals surface area contributed by atoms with Crippen LogP contribution in [0.15, 0.2) is 237 Å². The van der Waals surface area contributed by atoms with Gasteiger partial charge in [0.25, 0.3) is 0 Å². The molecule has 0 heterocycles. The maximum atomic E-state index is 2.61. The average molecular weight is 828 g/mol. The molecule has 1 heteroatoms. The summed E-state index contributed by atoms with van der Waals surface area (Å²) in [5.74, 6) is 0. The molecule has 10 aromatic rings. The molecule has 0 radical (unpaired) electrons. The predicted molar refractivity (Wildman–Crippen MR) is 271 cm³/mol. The first-order chi connectivity index (χ1) is 32.0. The first kappa shape index (κ1) is 37.5. The van der Waals surface area contributed by atoms with Gasteiger partial charge < -0.3 is 4.90 Å². The van der Waals surface area contributed by atoms with Crippen molar-refractivity contribution in [1.82, 2.24) is 0 Å². The van der Waals surface area contributed by atoms with Gasteiger partial charge in [-0.3, -0.25) is 0 Å². The molecule has 0 N–H and O–H groups in total. The number of rotatable bonds is 6. The summed E-state index contributed by atoms with van der Waals surface area (Å²) in [5.41, 5.74) is 25.8. The summed E-state index contributed by atoms with van der Waals surface area (Å²) in [5, 5.41) is 0. The summed E-state index contributed by atoms with van der Waals surface area (Å²) in [4.78, 5) is 2.61. The quantitative estimate of drug-likeness (QED) is 0.161. The highest BCUT2D eigenvalue weighted by molar-refractivity contribution is 6.04. The molecule has 0 atom stereocenters. The van der Waals surface area contributed by atoms with Gasteiger partial charge in [-0.25, -0.2) is 0 Å². The van der Waals surface area contributed by atoms with Gasteiger partial charge in [-0.05, 0) is 102 Å². The zero-order chi connectivity index (χ0) is 43.3. The standard InChI is InChI=1S/C64H45N/c1-63(2)53-30-12-9-27-52(53)61-50(28-18-34-57(61)63)49-26-11-17-36-59(49)65(58-35-16-10-22-45(58)44-40-38-43(39-41-44)42-20-4-3-5-21-42)60-37-19-29-51-48-25-8-15-33-56(48)64(62(51)60)54-31-13-6-23-46(54)47-24-7-14-32-55(47)64/h3-41H,1-2H3. The van der Waals surface area contributed by atoms with E-state index in [2.05, 4.69) is 255 Å². The van der Waals surface area contributed by atoms with Crippen LogP contribution in [-0.2, 0) is 10.8 Å². The SMILES string of the molecule is CC1(C)c2ccccc2-c2c(-c3ccccc3N(c3ccccc3-c3ccc(-c4ccccc4)cc3)c3cccc4c3C3(c5ccccc5-c5ccccc53)c3ccccc3-4)cccc21. The highest BCUT2D eigenvalue weighted by Gasteiger charge is 2.53. The first-order valence-electron chi connectivity index (χ1n) is 22.9. The van der Waals surface area contributed by atoms with E-state index in [4.69, 9.17) is 0 Å². The lowest BCUT2D eigenvalue weighted by atomic mass is 9.70. The van der Waals surface area contributed by atoms with Crippen molar-refractivity contribution in [1.29, 1.82) is 0 Å².